The van der Waals surface area contributed by atoms with Gasteiger partial charge < -0.3 is 4.52 Å². The Morgan fingerprint density at radius 3 is 2.68 bits per heavy atom. The van der Waals surface area contributed by atoms with Gasteiger partial charge in [0.25, 0.3) is 21.6 Å². The molecule has 1 N–H and O–H groups in total. The van der Waals surface area contributed by atoms with Crippen molar-refractivity contribution in [3.05, 3.63) is 55.5 Å². The molecule has 8 nitrogen and oxygen atoms in total. The van der Waals surface area contributed by atoms with Gasteiger partial charge in [-0.15, -0.1) is 0 Å². The fourth-order valence-electron chi connectivity index (χ4n) is 1.54. The summed E-state index contributed by atoms with van der Waals surface area (Å²) in [7, 11) is -3.90. The Morgan fingerprint density at radius 2 is 2.09 bits per heavy atom. The van der Waals surface area contributed by atoms with E-state index >= 15 is 0 Å². The Labute approximate surface area is 134 Å². The maximum atomic E-state index is 11.9. The molecule has 2 rings (SSSR count). The number of anilines is 1. The molecule has 2 aromatic rings. The van der Waals surface area contributed by atoms with E-state index in [0.717, 1.165) is 11.5 Å². The van der Waals surface area contributed by atoms with Crippen LogP contribution >= 0.6 is 15.9 Å². The summed E-state index contributed by atoms with van der Waals surface area (Å²) in [5.41, 5.74) is 0.469. The predicted molar refractivity (Wildman–Crippen MR) is 83.6 cm³/mol. The molecule has 116 valence electrons. The number of sulfonamides is 1. The molecule has 0 atom stereocenters. The molecule has 0 saturated heterocycles. The van der Waals surface area contributed by atoms with Crippen LogP contribution in [-0.4, -0.2) is 18.5 Å². The van der Waals surface area contributed by atoms with Gasteiger partial charge >= 0.3 is 0 Å². The SMILES string of the molecule is Cc1noc(NS(=O)(=O)C=Cc2ccccc2[N+](=O)[O-])c1Br. The number of halogens is 1. The number of nitro benzene ring substituents is 1. The lowest BCUT2D eigenvalue weighted by molar-refractivity contribution is -0.385. The highest BCUT2D eigenvalue weighted by atomic mass is 79.9. The van der Waals surface area contributed by atoms with Gasteiger partial charge in [0, 0.05) is 6.07 Å². The first kappa shape index (κ1) is 16.2. The number of nitro groups is 1. The highest BCUT2D eigenvalue weighted by Crippen LogP contribution is 2.27. The Hall–Kier alpha value is -2.20. The summed E-state index contributed by atoms with van der Waals surface area (Å²) in [4.78, 5) is 10.3. The largest absolute Gasteiger partial charge is 0.336 e. The molecule has 0 fully saturated rings. The number of rotatable bonds is 5. The molecule has 1 aromatic carbocycles. The van der Waals surface area contributed by atoms with Crippen molar-refractivity contribution in [2.75, 3.05) is 4.72 Å². The number of aryl methyl sites for hydroxylation is 1. The Balaban J connectivity index is 2.26. The maximum absolute atomic E-state index is 11.9. The second kappa shape index (κ2) is 6.28. The normalized spacial score (nSPS) is 11.7. The lowest BCUT2D eigenvalue weighted by Crippen LogP contribution is -2.08. The molecule has 0 aliphatic rings. The van der Waals surface area contributed by atoms with Crippen molar-refractivity contribution in [3.63, 3.8) is 0 Å². The molecular weight excluding hydrogens is 378 g/mol. The van der Waals surface area contributed by atoms with E-state index < -0.39 is 14.9 Å². The number of benzene rings is 1. The van der Waals surface area contributed by atoms with Gasteiger partial charge in [0.1, 0.15) is 4.47 Å². The van der Waals surface area contributed by atoms with E-state index in [-0.39, 0.29) is 17.1 Å². The molecular formula is C12H10BrN3O5S. The standard InChI is InChI=1S/C12H10BrN3O5S/c1-8-11(13)12(21-14-8)15-22(19,20)7-6-9-4-2-3-5-10(9)16(17)18/h2-7,15H,1H3. The minimum atomic E-state index is -3.90. The second-order valence-electron chi connectivity index (χ2n) is 4.18. The number of hydrogen-bond donors (Lipinski definition) is 1. The fourth-order valence-corrected chi connectivity index (χ4v) is 2.71. The molecule has 0 aliphatic heterocycles. The van der Waals surface area contributed by atoms with Crippen LogP contribution < -0.4 is 4.72 Å². The van der Waals surface area contributed by atoms with Gasteiger partial charge in [0.2, 0.25) is 0 Å². The molecule has 0 radical (unpaired) electrons. The predicted octanol–water partition coefficient (Wildman–Crippen LogP) is 3.07. The van der Waals surface area contributed by atoms with E-state index in [0.29, 0.717) is 10.2 Å². The lowest BCUT2D eigenvalue weighted by Gasteiger charge is -2.00. The average Bonchev–Trinajstić information content (AvgIpc) is 2.77. The number of hydrogen-bond acceptors (Lipinski definition) is 6. The van der Waals surface area contributed by atoms with Crippen LogP contribution in [0.15, 0.2) is 38.7 Å². The van der Waals surface area contributed by atoms with E-state index in [1.165, 1.54) is 18.2 Å². The molecule has 1 heterocycles. The first-order valence-corrected chi connectivity index (χ1v) is 8.20. The van der Waals surface area contributed by atoms with Crippen molar-refractivity contribution in [2.24, 2.45) is 0 Å². The van der Waals surface area contributed by atoms with E-state index in [1.807, 2.05) is 0 Å². The van der Waals surface area contributed by atoms with Crippen LogP contribution in [0.1, 0.15) is 11.3 Å². The zero-order valence-electron chi connectivity index (χ0n) is 11.2. The first-order chi connectivity index (χ1) is 10.3. The molecule has 0 unspecified atom stereocenters. The summed E-state index contributed by atoms with van der Waals surface area (Å²) in [6, 6.07) is 5.80. The average molecular weight is 388 g/mol. The number of aromatic nitrogens is 1. The molecule has 22 heavy (non-hydrogen) atoms. The lowest BCUT2D eigenvalue weighted by atomic mass is 10.2. The van der Waals surface area contributed by atoms with Crippen molar-refractivity contribution >= 4 is 43.6 Å². The van der Waals surface area contributed by atoms with Gasteiger partial charge in [-0.3, -0.25) is 10.1 Å². The van der Waals surface area contributed by atoms with Crippen LogP contribution in [0.5, 0.6) is 0 Å². The summed E-state index contributed by atoms with van der Waals surface area (Å²) in [5, 5.41) is 15.3. The van der Waals surface area contributed by atoms with Crippen molar-refractivity contribution in [3.8, 4) is 0 Å². The monoisotopic (exact) mass is 387 g/mol. The Kier molecular flexibility index (Phi) is 4.62. The van der Waals surface area contributed by atoms with Crippen molar-refractivity contribution in [2.45, 2.75) is 6.92 Å². The first-order valence-electron chi connectivity index (χ1n) is 5.86. The molecule has 1 aromatic heterocycles. The van der Waals surface area contributed by atoms with Crippen molar-refractivity contribution < 1.29 is 17.9 Å². The summed E-state index contributed by atoms with van der Waals surface area (Å²) in [6.07, 6.45) is 1.14. The third kappa shape index (κ3) is 3.71. The van der Waals surface area contributed by atoms with Gasteiger partial charge in [-0.1, -0.05) is 17.3 Å². The molecule has 0 saturated carbocycles. The van der Waals surface area contributed by atoms with E-state index in [4.69, 9.17) is 4.52 Å². The highest BCUT2D eigenvalue weighted by Gasteiger charge is 2.16. The Morgan fingerprint density at radius 1 is 1.41 bits per heavy atom. The quantitative estimate of drug-likeness (QED) is 0.622. The third-order valence-corrected chi connectivity index (χ3v) is 4.48. The van der Waals surface area contributed by atoms with Gasteiger partial charge in [0.15, 0.2) is 0 Å². The van der Waals surface area contributed by atoms with Gasteiger partial charge in [0.05, 0.1) is 21.6 Å². The summed E-state index contributed by atoms with van der Waals surface area (Å²) in [5.74, 6) is -0.0651. The summed E-state index contributed by atoms with van der Waals surface area (Å²) in [6.45, 7) is 1.63. The van der Waals surface area contributed by atoms with Crippen LogP contribution in [0.2, 0.25) is 0 Å². The third-order valence-electron chi connectivity index (χ3n) is 2.59. The minimum Gasteiger partial charge on any atom is -0.336 e. The molecule has 0 bridgehead atoms. The summed E-state index contributed by atoms with van der Waals surface area (Å²) >= 11 is 3.13. The molecule has 0 amide bonds. The van der Waals surface area contributed by atoms with Crippen LogP contribution in [0.25, 0.3) is 6.08 Å². The van der Waals surface area contributed by atoms with E-state index in [1.54, 1.807) is 13.0 Å². The summed E-state index contributed by atoms with van der Waals surface area (Å²) < 4.78 is 31.2. The number of nitrogens with one attached hydrogen (secondary N) is 1. The molecule has 10 heteroatoms. The second-order valence-corrected chi connectivity index (χ2v) is 6.54. The highest BCUT2D eigenvalue weighted by molar-refractivity contribution is 9.10. The topological polar surface area (TPSA) is 115 Å². The number of para-hydroxylation sites is 1. The molecule has 0 spiro atoms. The molecule has 0 aliphatic carbocycles. The van der Waals surface area contributed by atoms with Gasteiger partial charge in [-0.2, -0.15) is 0 Å². The van der Waals surface area contributed by atoms with Gasteiger partial charge in [-0.25, -0.2) is 13.1 Å². The van der Waals surface area contributed by atoms with Crippen molar-refractivity contribution in [1.29, 1.82) is 0 Å². The van der Waals surface area contributed by atoms with Gasteiger partial charge in [-0.05, 0) is 35.0 Å². The van der Waals surface area contributed by atoms with Crippen LogP contribution in [0.4, 0.5) is 11.6 Å². The fraction of sp³-hybridized carbons (Fsp3) is 0.0833. The zero-order valence-corrected chi connectivity index (χ0v) is 13.6. The van der Waals surface area contributed by atoms with E-state index in [9.17, 15) is 18.5 Å². The zero-order chi connectivity index (χ0) is 16.3. The minimum absolute atomic E-state index is 0.0651. The maximum Gasteiger partial charge on any atom is 0.276 e. The van der Waals surface area contributed by atoms with E-state index in [2.05, 4.69) is 25.8 Å². The van der Waals surface area contributed by atoms with Crippen LogP contribution in [0.3, 0.4) is 0 Å². The number of nitrogens with zero attached hydrogens (tertiary/aromatic N) is 2. The Bertz CT molecular complexity index is 844. The van der Waals surface area contributed by atoms with Crippen LogP contribution in [0, 0.1) is 17.0 Å². The van der Waals surface area contributed by atoms with Crippen LogP contribution in [-0.2, 0) is 10.0 Å². The van der Waals surface area contributed by atoms with Crippen molar-refractivity contribution in [1.82, 2.24) is 5.16 Å². The smallest absolute Gasteiger partial charge is 0.276 e.